The predicted molar refractivity (Wildman–Crippen MR) is 93.1 cm³/mol. The number of sulfonamides is 1. The SMILES string of the molecule is CCCS(=O)(=O)N1CCN(c2c(CC)cccc2CC)CC1. The Kier molecular flexibility index (Phi) is 5.87. The van der Waals surface area contributed by atoms with Gasteiger partial charge in [-0.15, -0.1) is 0 Å². The molecule has 0 saturated carbocycles. The molecule has 0 unspecified atom stereocenters. The maximum Gasteiger partial charge on any atom is 0.214 e. The molecule has 5 heteroatoms. The van der Waals surface area contributed by atoms with Gasteiger partial charge in [-0.25, -0.2) is 8.42 Å². The van der Waals surface area contributed by atoms with Gasteiger partial charge in [-0.3, -0.25) is 0 Å². The van der Waals surface area contributed by atoms with Crippen molar-refractivity contribution in [3.05, 3.63) is 29.3 Å². The monoisotopic (exact) mass is 324 g/mol. The standard InChI is InChI=1S/C17H28N2O2S/c1-4-14-22(20,21)19-12-10-18(11-13-19)17-15(5-2)8-7-9-16(17)6-3/h7-9H,4-6,10-14H2,1-3H3. The number of anilines is 1. The molecule has 22 heavy (non-hydrogen) atoms. The van der Waals surface area contributed by atoms with Gasteiger partial charge in [0.25, 0.3) is 0 Å². The highest BCUT2D eigenvalue weighted by atomic mass is 32.2. The largest absolute Gasteiger partial charge is 0.368 e. The highest BCUT2D eigenvalue weighted by Gasteiger charge is 2.27. The van der Waals surface area contributed by atoms with Crippen molar-refractivity contribution in [3.63, 3.8) is 0 Å². The molecule has 0 atom stereocenters. The molecule has 0 aliphatic carbocycles. The molecule has 0 spiro atoms. The summed E-state index contributed by atoms with van der Waals surface area (Å²) in [6, 6.07) is 6.51. The van der Waals surface area contributed by atoms with Gasteiger partial charge in [-0.1, -0.05) is 39.0 Å². The molecule has 0 amide bonds. The molecular formula is C17H28N2O2S. The molecule has 124 valence electrons. The van der Waals surface area contributed by atoms with E-state index in [1.807, 2.05) is 6.92 Å². The third-order valence-corrected chi connectivity index (χ3v) is 6.45. The van der Waals surface area contributed by atoms with Crippen molar-refractivity contribution < 1.29 is 8.42 Å². The molecule has 4 nitrogen and oxygen atoms in total. The summed E-state index contributed by atoms with van der Waals surface area (Å²) < 4.78 is 26.0. The number of rotatable bonds is 6. The first-order valence-corrected chi connectivity index (χ1v) is 9.97. The van der Waals surface area contributed by atoms with Crippen LogP contribution in [0.15, 0.2) is 18.2 Å². The Hall–Kier alpha value is -1.07. The summed E-state index contributed by atoms with van der Waals surface area (Å²) in [5.74, 6) is 0.263. The fourth-order valence-electron chi connectivity index (χ4n) is 3.20. The van der Waals surface area contributed by atoms with Crippen LogP contribution in [0.5, 0.6) is 0 Å². The van der Waals surface area contributed by atoms with Crippen LogP contribution in [0.4, 0.5) is 5.69 Å². The first kappa shape index (κ1) is 17.3. The minimum absolute atomic E-state index is 0.263. The van der Waals surface area contributed by atoms with Crippen molar-refractivity contribution in [2.24, 2.45) is 0 Å². The van der Waals surface area contributed by atoms with Gasteiger partial charge in [0.15, 0.2) is 0 Å². The third kappa shape index (κ3) is 3.63. The van der Waals surface area contributed by atoms with Gasteiger partial charge in [0.05, 0.1) is 5.75 Å². The molecule has 0 radical (unpaired) electrons. The molecule has 0 aromatic heterocycles. The summed E-state index contributed by atoms with van der Waals surface area (Å²) in [6.45, 7) is 9.05. The van der Waals surface area contributed by atoms with Gasteiger partial charge < -0.3 is 4.90 Å². The van der Waals surface area contributed by atoms with Gasteiger partial charge in [0, 0.05) is 31.9 Å². The van der Waals surface area contributed by atoms with Crippen molar-refractivity contribution in [3.8, 4) is 0 Å². The fraction of sp³-hybridized carbons (Fsp3) is 0.647. The van der Waals surface area contributed by atoms with Gasteiger partial charge in [-0.05, 0) is 30.4 Å². The normalized spacial score (nSPS) is 17.0. The molecule has 1 aromatic carbocycles. The van der Waals surface area contributed by atoms with Crippen LogP contribution in [0.2, 0.25) is 0 Å². The predicted octanol–water partition coefficient (Wildman–Crippen LogP) is 2.67. The molecule has 1 fully saturated rings. The van der Waals surface area contributed by atoms with E-state index >= 15 is 0 Å². The second kappa shape index (κ2) is 7.47. The maximum atomic E-state index is 12.2. The zero-order valence-corrected chi connectivity index (χ0v) is 14.8. The zero-order valence-electron chi connectivity index (χ0n) is 14.0. The molecular weight excluding hydrogens is 296 g/mol. The fourth-order valence-corrected chi connectivity index (χ4v) is 4.69. The van der Waals surface area contributed by atoms with Crippen molar-refractivity contribution >= 4 is 15.7 Å². The molecule has 1 aliphatic heterocycles. The van der Waals surface area contributed by atoms with E-state index in [-0.39, 0.29) is 5.75 Å². The number of hydrogen-bond acceptors (Lipinski definition) is 3. The van der Waals surface area contributed by atoms with Crippen LogP contribution in [0.1, 0.15) is 38.3 Å². The zero-order chi connectivity index (χ0) is 16.2. The van der Waals surface area contributed by atoms with Crippen molar-refractivity contribution in [1.82, 2.24) is 4.31 Å². The van der Waals surface area contributed by atoms with E-state index < -0.39 is 10.0 Å². The van der Waals surface area contributed by atoms with Crippen LogP contribution in [0.25, 0.3) is 0 Å². The molecule has 0 bridgehead atoms. The molecule has 0 N–H and O–H groups in total. The number of nitrogens with zero attached hydrogens (tertiary/aromatic N) is 2. The number of piperazine rings is 1. The van der Waals surface area contributed by atoms with Crippen molar-refractivity contribution in [2.45, 2.75) is 40.0 Å². The molecule has 1 aromatic rings. The average Bonchev–Trinajstić information content (AvgIpc) is 2.54. The van der Waals surface area contributed by atoms with E-state index in [0.29, 0.717) is 19.5 Å². The summed E-state index contributed by atoms with van der Waals surface area (Å²) in [6.07, 6.45) is 2.70. The highest BCUT2D eigenvalue weighted by Crippen LogP contribution is 2.28. The van der Waals surface area contributed by atoms with Crippen LogP contribution in [-0.4, -0.2) is 44.7 Å². The Labute approximate surface area is 135 Å². The van der Waals surface area contributed by atoms with E-state index in [1.54, 1.807) is 4.31 Å². The highest BCUT2D eigenvalue weighted by molar-refractivity contribution is 7.89. The lowest BCUT2D eigenvalue weighted by Crippen LogP contribution is -2.49. The number of hydrogen-bond donors (Lipinski definition) is 0. The minimum Gasteiger partial charge on any atom is -0.368 e. The van der Waals surface area contributed by atoms with Gasteiger partial charge >= 0.3 is 0 Å². The average molecular weight is 324 g/mol. The van der Waals surface area contributed by atoms with Crippen LogP contribution in [0.3, 0.4) is 0 Å². The lowest BCUT2D eigenvalue weighted by Gasteiger charge is -2.37. The number of para-hydroxylation sites is 1. The molecule has 1 heterocycles. The van der Waals surface area contributed by atoms with E-state index in [9.17, 15) is 8.42 Å². The number of aryl methyl sites for hydroxylation is 2. The third-order valence-electron chi connectivity index (χ3n) is 4.38. The van der Waals surface area contributed by atoms with Crippen molar-refractivity contribution in [2.75, 3.05) is 36.8 Å². The summed E-state index contributed by atoms with van der Waals surface area (Å²) in [5.41, 5.74) is 4.06. The smallest absolute Gasteiger partial charge is 0.214 e. The van der Waals surface area contributed by atoms with E-state index in [1.165, 1.54) is 16.8 Å². The molecule has 2 rings (SSSR count). The Balaban J connectivity index is 2.16. The molecule has 1 saturated heterocycles. The Morgan fingerprint density at radius 2 is 1.50 bits per heavy atom. The van der Waals surface area contributed by atoms with Crippen LogP contribution in [0, 0.1) is 0 Å². The van der Waals surface area contributed by atoms with Crippen molar-refractivity contribution in [1.29, 1.82) is 0 Å². The minimum atomic E-state index is -3.06. The Morgan fingerprint density at radius 3 is 1.95 bits per heavy atom. The maximum absolute atomic E-state index is 12.2. The van der Waals surface area contributed by atoms with E-state index in [2.05, 4.69) is 36.9 Å². The topological polar surface area (TPSA) is 40.6 Å². The van der Waals surface area contributed by atoms with Crippen LogP contribution in [-0.2, 0) is 22.9 Å². The summed E-state index contributed by atoms with van der Waals surface area (Å²) in [7, 11) is -3.06. The Bertz CT molecular complexity index is 568. The first-order valence-electron chi connectivity index (χ1n) is 8.37. The first-order chi connectivity index (χ1) is 10.5. The number of benzene rings is 1. The molecule has 1 aliphatic rings. The Morgan fingerprint density at radius 1 is 0.955 bits per heavy atom. The second-order valence-corrected chi connectivity index (χ2v) is 7.92. The quantitative estimate of drug-likeness (QED) is 0.808. The van der Waals surface area contributed by atoms with Crippen LogP contribution < -0.4 is 4.90 Å². The lowest BCUT2D eigenvalue weighted by molar-refractivity contribution is 0.384. The van der Waals surface area contributed by atoms with E-state index in [4.69, 9.17) is 0 Å². The van der Waals surface area contributed by atoms with Gasteiger partial charge in [0.1, 0.15) is 0 Å². The summed E-state index contributed by atoms with van der Waals surface area (Å²) in [4.78, 5) is 2.37. The summed E-state index contributed by atoms with van der Waals surface area (Å²) >= 11 is 0. The van der Waals surface area contributed by atoms with Gasteiger partial charge in [-0.2, -0.15) is 4.31 Å². The summed E-state index contributed by atoms with van der Waals surface area (Å²) in [5, 5.41) is 0. The van der Waals surface area contributed by atoms with Gasteiger partial charge in [0.2, 0.25) is 10.0 Å². The van der Waals surface area contributed by atoms with Crippen LogP contribution >= 0.6 is 0 Å². The van der Waals surface area contributed by atoms with E-state index in [0.717, 1.165) is 25.9 Å². The second-order valence-electron chi connectivity index (χ2n) is 5.83. The lowest BCUT2D eigenvalue weighted by atomic mass is 10.0.